The fraction of sp³-hybridized carbons (Fsp3) is 0.143. The molecule has 1 amide bonds. The van der Waals surface area contributed by atoms with Crippen molar-refractivity contribution in [3.05, 3.63) is 131 Å². The summed E-state index contributed by atoms with van der Waals surface area (Å²) in [6, 6.07) is 26.4. The Balaban J connectivity index is 1.29. The van der Waals surface area contributed by atoms with Crippen molar-refractivity contribution in [2.75, 3.05) is 0 Å². The minimum absolute atomic E-state index is 0.151. The van der Waals surface area contributed by atoms with Crippen LogP contribution in [0.15, 0.2) is 103 Å². The highest BCUT2D eigenvalue weighted by atomic mass is 19.4. The molecule has 1 fully saturated rings. The maximum Gasteiger partial charge on any atom is 0.416 e. The second-order valence-electron chi connectivity index (χ2n) is 11.3. The van der Waals surface area contributed by atoms with Crippen molar-refractivity contribution in [1.82, 2.24) is 20.1 Å². The number of alkyl halides is 3. The zero-order valence-corrected chi connectivity index (χ0v) is 23.7. The standard InChI is InChI=1S/C35H25F3N4O3/c36-35(37,38)27-12-5-21(6-13-27)24-17-25-19-39-42(20-28-14-9-22-3-1-2-4-30(22)40-28)31(25)29(18-24)32(43)41-34(15-16-34)26-10-7-23(8-11-26)33(44)45/h1-14,17-19H,15-16,20H2,(H,41,43)(H,44,45). The number of amides is 1. The van der Waals surface area contributed by atoms with Crippen molar-refractivity contribution in [2.45, 2.75) is 31.1 Å². The number of aromatic carboxylic acids is 1. The molecular weight excluding hydrogens is 581 g/mol. The molecule has 45 heavy (non-hydrogen) atoms. The monoisotopic (exact) mass is 606 g/mol. The minimum atomic E-state index is -4.47. The largest absolute Gasteiger partial charge is 0.478 e. The molecule has 6 aromatic rings. The van der Waals surface area contributed by atoms with Gasteiger partial charge in [-0.25, -0.2) is 4.79 Å². The zero-order valence-electron chi connectivity index (χ0n) is 23.7. The van der Waals surface area contributed by atoms with Crippen LogP contribution in [0.2, 0.25) is 0 Å². The normalized spacial score (nSPS) is 14.0. The van der Waals surface area contributed by atoms with Gasteiger partial charge in [-0.3, -0.25) is 14.5 Å². The SMILES string of the molecule is O=C(O)c1ccc(C2(NC(=O)c3cc(-c4ccc(C(F)(F)F)cc4)cc4cnn(Cc5ccc6ccccc6n5)c34)CC2)cc1. The van der Waals surface area contributed by atoms with Crippen LogP contribution in [0, 0.1) is 0 Å². The average molecular weight is 607 g/mol. The molecule has 2 N–H and O–H groups in total. The highest BCUT2D eigenvalue weighted by Crippen LogP contribution is 2.46. The fourth-order valence-corrected chi connectivity index (χ4v) is 5.72. The average Bonchev–Trinajstić information content (AvgIpc) is 3.71. The Morgan fingerprint density at radius 1 is 0.867 bits per heavy atom. The van der Waals surface area contributed by atoms with Crippen LogP contribution < -0.4 is 5.32 Å². The number of nitrogens with zero attached hydrogens (tertiary/aromatic N) is 3. The van der Waals surface area contributed by atoms with Gasteiger partial charge in [0, 0.05) is 10.8 Å². The van der Waals surface area contributed by atoms with Crippen LogP contribution in [0.25, 0.3) is 32.9 Å². The first-order valence-corrected chi connectivity index (χ1v) is 14.3. The number of fused-ring (bicyclic) bond motifs is 2. The number of rotatable bonds is 7. The molecule has 2 aromatic heterocycles. The third kappa shape index (κ3) is 5.39. The smallest absolute Gasteiger partial charge is 0.416 e. The number of para-hydroxylation sites is 1. The molecule has 0 radical (unpaired) electrons. The van der Waals surface area contributed by atoms with E-state index in [0.717, 1.165) is 34.3 Å². The van der Waals surface area contributed by atoms with Gasteiger partial charge < -0.3 is 10.4 Å². The van der Waals surface area contributed by atoms with E-state index in [1.54, 1.807) is 29.1 Å². The molecule has 1 aliphatic carbocycles. The summed E-state index contributed by atoms with van der Waals surface area (Å²) in [5.41, 5.74) is 3.08. The van der Waals surface area contributed by atoms with Crippen molar-refractivity contribution >= 4 is 33.7 Å². The van der Waals surface area contributed by atoms with Crippen LogP contribution >= 0.6 is 0 Å². The fourth-order valence-electron chi connectivity index (χ4n) is 5.72. The van der Waals surface area contributed by atoms with Gasteiger partial charge in [0.25, 0.3) is 5.91 Å². The van der Waals surface area contributed by atoms with Crippen LogP contribution in [0.5, 0.6) is 0 Å². The lowest BCUT2D eigenvalue weighted by Crippen LogP contribution is -2.35. The third-order valence-electron chi connectivity index (χ3n) is 8.28. The number of nitrogens with one attached hydrogen (secondary N) is 1. The number of carbonyl (C=O) groups is 2. The van der Waals surface area contributed by atoms with Crippen LogP contribution in [-0.2, 0) is 18.3 Å². The Morgan fingerprint density at radius 3 is 2.29 bits per heavy atom. The first-order chi connectivity index (χ1) is 21.6. The third-order valence-corrected chi connectivity index (χ3v) is 8.28. The molecule has 2 heterocycles. The van der Waals surface area contributed by atoms with Gasteiger partial charge in [-0.05, 0) is 78.1 Å². The second-order valence-corrected chi connectivity index (χ2v) is 11.3. The first-order valence-electron chi connectivity index (χ1n) is 14.3. The van der Waals surface area contributed by atoms with E-state index in [1.807, 2.05) is 42.5 Å². The van der Waals surface area contributed by atoms with E-state index in [4.69, 9.17) is 4.98 Å². The van der Waals surface area contributed by atoms with Crippen LogP contribution in [0.4, 0.5) is 13.2 Å². The molecule has 4 aromatic carbocycles. The maximum atomic E-state index is 14.1. The first kappa shape index (κ1) is 28.3. The molecule has 0 bridgehead atoms. The van der Waals surface area contributed by atoms with Crippen LogP contribution in [0.3, 0.4) is 0 Å². The van der Waals surface area contributed by atoms with E-state index < -0.39 is 23.2 Å². The molecule has 0 unspecified atom stereocenters. The number of pyridine rings is 1. The molecule has 7 nitrogen and oxygen atoms in total. The highest BCUT2D eigenvalue weighted by molar-refractivity contribution is 6.08. The van der Waals surface area contributed by atoms with E-state index in [9.17, 15) is 27.9 Å². The quantitative estimate of drug-likeness (QED) is 0.197. The highest BCUT2D eigenvalue weighted by Gasteiger charge is 2.46. The number of halogens is 3. The van der Waals surface area contributed by atoms with Gasteiger partial charge in [0.1, 0.15) is 0 Å². The number of aromatic nitrogens is 3. The molecular formula is C35H25F3N4O3. The molecule has 10 heteroatoms. The Morgan fingerprint density at radius 2 is 1.60 bits per heavy atom. The van der Waals surface area contributed by atoms with Gasteiger partial charge in [0.2, 0.25) is 0 Å². The Kier molecular flexibility index (Phi) is 6.65. The molecule has 1 aliphatic rings. The van der Waals surface area contributed by atoms with Gasteiger partial charge in [-0.2, -0.15) is 18.3 Å². The van der Waals surface area contributed by atoms with Gasteiger partial charge in [-0.1, -0.05) is 48.5 Å². The van der Waals surface area contributed by atoms with Crippen molar-refractivity contribution in [3.63, 3.8) is 0 Å². The summed E-state index contributed by atoms with van der Waals surface area (Å²) in [6.45, 7) is 0.288. The van der Waals surface area contributed by atoms with Crippen molar-refractivity contribution in [3.8, 4) is 11.1 Å². The predicted molar refractivity (Wildman–Crippen MR) is 163 cm³/mol. The second kappa shape index (κ2) is 10.6. The molecule has 0 atom stereocenters. The molecule has 224 valence electrons. The number of hydrogen-bond donors (Lipinski definition) is 2. The van der Waals surface area contributed by atoms with E-state index in [0.29, 0.717) is 40.4 Å². The number of carbonyl (C=O) groups excluding carboxylic acids is 1. The Labute approximate surface area is 255 Å². The minimum Gasteiger partial charge on any atom is -0.478 e. The molecule has 1 saturated carbocycles. The van der Waals surface area contributed by atoms with Crippen LogP contribution in [-0.4, -0.2) is 31.7 Å². The topological polar surface area (TPSA) is 97.1 Å². The lowest BCUT2D eigenvalue weighted by molar-refractivity contribution is -0.137. The van der Waals surface area contributed by atoms with Crippen molar-refractivity contribution in [2.24, 2.45) is 0 Å². The van der Waals surface area contributed by atoms with Crippen molar-refractivity contribution in [1.29, 1.82) is 0 Å². The number of carboxylic acids is 1. The number of carboxylic acid groups (broad SMARTS) is 1. The van der Waals surface area contributed by atoms with E-state index >= 15 is 0 Å². The summed E-state index contributed by atoms with van der Waals surface area (Å²) < 4.78 is 41.4. The van der Waals surface area contributed by atoms with E-state index in [1.165, 1.54) is 24.3 Å². The van der Waals surface area contributed by atoms with Gasteiger partial charge in [-0.15, -0.1) is 0 Å². The van der Waals surface area contributed by atoms with Crippen LogP contribution in [0.1, 0.15) is 50.4 Å². The lowest BCUT2D eigenvalue weighted by atomic mass is 9.98. The van der Waals surface area contributed by atoms with Gasteiger partial charge >= 0.3 is 12.1 Å². The van der Waals surface area contributed by atoms with Gasteiger partial charge in [0.05, 0.1) is 51.7 Å². The maximum absolute atomic E-state index is 14.1. The van der Waals surface area contributed by atoms with E-state index in [-0.39, 0.29) is 18.0 Å². The van der Waals surface area contributed by atoms with E-state index in [2.05, 4.69) is 10.4 Å². The van der Waals surface area contributed by atoms with Crippen molar-refractivity contribution < 1.29 is 27.9 Å². The predicted octanol–water partition coefficient (Wildman–Crippen LogP) is 7.44. The molecule has 7 rings (SSSR count). The summed E-state index contributed by atoms with van der Waals surface area (Å²) in [4.78, 5) is 30.2. The summed E-state index contributed by atoms with van der Waals surface area (Å²) in [7, 11) is 0. The molecule has 0 spiro atoms. The van der Waals surface area contributed by atoms with Gasteiger partial charge in [0.15, 0.2) is 0 Å². The Hall–Kier alpha value is -5.51. The summed E-state index contributed by atoms with van der Waals surface area (Å²) in [5, 5.41) is 18.7. The zero-order chi connectivity index (χ0) is 31.3. The molecule has 0 aliphatic heterocycles. The number of benzene rings is 4. The molecule has 0 saturated heterocycles. The number of hydrogen-bond acceptors (Lipinski definition) is 4. The summed E-state index contributed by atoms with van der Waals surface area (Å²) in [5.74, 6) is -1.41. The Bertz CT molecular complexity index is 2100. The summed E-state index contributed by atoms with van der Waals surface area (Å²) >= 11 is 0. The summed E-state index contributed by atoms with van der Waals surface area (Å²) in [6.07, 6.45) is -1.48. The lowest BCUT2D eigenvalue weighted by Gasteiger charge is -2.19.